The summed E-state index contributed by atoms with van der Waals surface area (Å²) in [6.45, 7) is 0.973. The molecule has 4 heteroatoms. The van der Waals surface area contributed by atoms with E-state index in [0.717, 1.165) is 19.4 Å². The Balaban J connectivity index is 2.39. The van der Waals surface area contributed by atoms with Gasteiger partial charge in [-0.1, -0.05) is 11.6 Å². The van der Waals surface area contributed by atoms with E-state index in [1.165, 1.54) is 6.42 Å². The van der Waals surface area contributed by atoms with Crippen LogP contribution < -0.4 is 11.1 Å². The summed E-state index contributed by atoms with van der Waals surface area (Å²) in [6, 6.07) is 0.0961. The molecule has 1 rings (SSSR count). The standard InChI is InChI=1S/C6H13N3O/c7-6(9-10)5-3-1-2-4-8-5/h5,8,10H,1-4H2,(H2,7,9)/t5-/m0/s1. The normalized spacial score (nSPS) is 28.4. The summed E-state index contributed by atoms with van der Waals surface area (Å²) in [5.41, 5.74) is 5.39. The number of nitrogens with one attached hydrogen (secondary N) is 1. The molecule has 4 N–H and O–H groups in total. The molecule has 1 aliphatic heterocycles. The van der Waals surface area contributed by atoms with Crippen LogP contribution >= 0.6 is 0 Å². The van der Waals surface area contributed by atoms with Gasteiger partial charge in [0.25, 0.3) is 0 Å². The second-order valence-corrected chi connectivity index (χ2v) is 2.53. The molecular weight excluding hydrogens is 130 g/mol. The zero-order chi connectivity index (χ0) is 7.40. The van der Waals surface area contributed by atoms with Gasteiger partial charge in [-0.25, -0.2) is 0 Å². The summed E-state index contributed by atoms with van der Waals surface area (Å²) in [5, 5.41) is 14.4. The molecule has 0 aromatic carbocycles. The third-order valence-electron chi connectivity index (χ3n) is 1.78. The second-order valence-electron chi connectivity index (χ2n) is 2.53. The van der Waals surface area contributed by atoms with E-state index in [1.54, 1.807) is 0 Å². The van der Waals surface area contributed by atoms with Crippen LogP contribution in [0, 0.1) is 0 Å². The summed E-state index contributed by atoms with van der Waals surface area (Å²) < 4.78 is 0. The molecule has 1 fully saturated rings. The minimum atomic E-state index is 0.0961. The molecule has 1 atom stereocenters. The second kappa shape index (κ2) is 3.41. The van der Waals surface area contributed by atoms with Crippen LogP contribution in [0.1, 0.15) is 19.3 Å². The smallest absolute Gasteiger partial charge is 0.156 e. The van der Waals surface area contributed by atoms with Crippen molar-refractivity contribution in [3.63, 3.8) is 0 Å². The maximum Gasteiger partial charge on any atom is 0.156 e. The van der Waals surface area contributed by atoms with Crippen molar-refractivity contribution in [3.8, 4) is 0 Å². The van der Waals surface area contributed by atoms with E-state index in [2.05, 4.69) is 10.5 Å². The molecule has 0 saturated carbocycles. The van der Waals surface area contributed by atoms with Crippen molar-refractivity contribution in [3.05, 3.63) is 0 Å². The topological polar surface area (TPSA) is 70.6 Å². The molecule has 0 radical (unpaired) electrons. The molecule has 1 aliphatic rings. The van der Waals surface area contributed by atoms with Crippen LogP contribution in [0.25, 0.3) is 0 Å². The first-order valence-corrected chi connectivity index (χ1v) is 3.55. The highest BCUT2D eigenvalue weighted by Gasteiger charge is 2.15. The van der Waals surface area contributed by atoms with Gasteiger partial charge in [0.05, 0.1) is 6.04 Å². The van der Waals surface area contributed by atoms with Crippen LogP contribution in [0.4, 0.5) is 0 Å². The first-order valence-electron chi connectivity index (χ1n) is 3.55. The maximum absolute atomic E-state index is 8.31. The predicted molar refractivity (Wildman–Crippen MR) is 39.1 cm³/mol. The van der Waals surface area contributed by atoms with Crippen LogP contribution in [-0.2, 0) is 0 Å². The molecule has 0 aromatic heterocycles. The molecule has 0 aromatic rings. The van der Waals surface area contributed by atoms with Gasteiger partial charge in [0.15, 0.2) is 5.84 Å². The number of piperidine rings is 1. The number of amidine groups is 1. The van der Waals surface area contributed by atoms with Crippen LogP contribution in [0.5, 0.6) is 0 Å². The van der Waals surface area contributed by atoms with Gasteiger partial charge in [-0.3, -0.25) is 0 Å². The van der Waals surface area contributed by atoms with Crippen molar-refractivity contribution in [2.75, 3.05) is 6.54 Å². The van der Waals surface area contributed by atoms with E-state index in [9.17, 15) is 0 Å². The zero-order valence-electron chi connectivity index (χ0n) is 5.88. The van der Waals surface area contributed by atoms with Crippen molar-refractivity contribution < 1.29 is 5.21 Å². The van der Waals surface area contributed by atoms with Crippen LogP contribution in [0.2, 0.25) is 0 Å². The summed E-state index contributed by atoms with van der Waals surface area (Å²) >= 11 is 0. The molecule has 4 nitrogen and oxygen atoms in total. The van der Waals surface area contributed by atoms with E-state index >= 15 is 0 Å². The fourth-order valence-corrected chi connectivity index (χ4v) is 1.17. The molecule has 0 aliphatic carbocycles. The minimum Gasteiger partial charge on any atom is -0.409 e. The van der Waals surface area contributed by atoms with Crippen molar-refractivity contribution in [1.82, 2.24) is 5.32 Å². The lowest BCUT2D eigenvalue weighted by molar-refractivity contribution is 0.312. The SMILES string of the molecule is N/C(=N/O)[C@@H]1CCCCN1. The fourth-order valence-electron chi connectivity index (χ4n) is 1.17. The van der Waals surface area contributed by atoms with Crippen LogP contribution in [-0.4, -0.2) is 23.6 Å². The third-order valence-corrected chi connectivity index (χ3v) is 1.78. The van der Waals surface area contributed by atoms with Crippen molar-refractivity contribution in [2.45, 2.75) is 25.3 Å². The van der Waals surface area contributed by atoms with Gasteiger partial charge in [-0.2, -0.15) is 0 Å². The third kappa shape index (κ3) is 1.60. The lowest BCUT2D eigenvalue weighted by Crippen LogP contribution is -2.44. The van der Waals surface area contributed by atoms with Gasteiger partial charge in [0.1, 0.15) is 0 Å². The number of hydrogen-bond acceptors (Lipinski definition) is 3. The molecule has 0 unspecified atom stereocenters. The predicted octanol–water partition coefficient (Wildman–Crippen LogP) is -0.125. The summed E-state index contributed by atoms with van der Waals surface area (Å²) in [4.78, 5) is 0. The summed E-state index contributed by atoms with van der Waals surface area (Å²) in [5.74, 6) is 0.305. The Morgan fingerprint density at radius 3 is 2.90 bits per heavy atom. The fraction of sp³-hybridized carbons (Fsp3) is 0.833. The first kappa shape index (κ1) is 7.34. The molecular formula is C6H13N3O. The Hall–Kier alpha value is -0.770. The number of hydrogen-bond donors (Lipinski definition) is 3. The molecule has 0 amide bonds. The number of nitrogens with two attached hydrogens (primary N) is 1. The number of nitrogens with zero attached hydrogens (tertiary/aromatic N) is 1. The molecule has 0 spiro atoms. The first-order chi connectivity index (χ1) is 4.84. The highest BCUT2D eigenvalue weighted by molar-refractivity contribution is 5.85. The van der Waals surface area contributed by atoms with Gasteiger partial charge in [0, 0.05) is 0 Å². The van der Waals surface area contributed by atoms with Gasteiger partial charge in [-0.05, 0) is 19.4 Å². The van der Waals surface area contributed by atoms with Crippen molar-refractivity contribution >= 4 is 5.84 Å². The van der Waals surface area contributed by atoms with E-state index < -0.39 is 0 Å². The average molecular weight is 143 g/mol. The molecule has 10 heavy (non-hydrogen) atoms. The number of oxime groups is 1. The molecule has 58 valence electrons. The van der Waals surface area contributed by atoms with Crippen molar-refractivity contribution in [2.24, 2.45) is 10.9 Å². The molecule has 1 heterocycles. The number of rotatable bonds is 1. The van der Waals surface area contributed by atoms with Gasteiger partial charge in [-0.15, -0.1) is 0 Å². The van der Waals surface area contributed by atoms with Gasteiger partial charge < -0.3 is 16.3 Å². The van der Waals surface area contributed by atoms with E-state index in [-0.39, 0.29) is 6.04 Å². The summed E-state index contributed by atoms with van der Waals surface area (Å²) in [7, 11) is 0. The van der Waals surface area contributed by atoms with E-state index in [1.807, 2.05) is 0 Å². The maximum atomic E-state index is 8.31. The quantitative estimate of drug-likeness (QED) is 0.207. The highest BCUT2D eigenvalue weighted by Crippen LogP contribution is 2.06. The Labute approximate surface area is 60.1 Å². The van der Waals surface area contributed by atoms with E-state index in [0.29, 0.717) is 5.84 Å². The largest absolute Gasteiger partial charge is 0.409 e. The van der Waals surface area contributed by atoms with Gasteiger partial charge >= 0.3 is 0 Å². The lowest BCUT2D eigenvalue weighted by Gasteiger charge is -2.21. The Bertz CT molecular complexity index is 129. The Morgan fingerprint density at radius 2 is 2.40 bits per heavy atom. The minimum absolute atomic E-state index is 0.0961. The Kier molecular flexibility index (Phi) is 2.50. The zero-order valence-corrected chi connectivity index (χ0v) is 5.88. The van der Waals surface area contributed by atoms with Crippen LogP contribution in [0.15, 0.2) is 5.16 Å². The van der Waals surface area contributed by atoms with Crippen molar-refractivity contribution in [1.29, 1.82) is 0 Å². The monoisotopic (exact) mass is 143 g/mol. The van der Waals surface area contributed by atoms with Crippen LogP contribution in [0.3, 0.4) is 0 Å². The summed E-state index contributed by atoms with van der Waals surface area (Å²) in [6.07, 6.45) is 3.33. The van der Waals surface area contributed by atoms with Gasteiger partial charge in [0.2, 0.25) is 0 Å². The molecule has 0 bridgehead atoms. The van der Waals surface area contributed by atoms with E-state index in [4.69, 9.17) is 10.9 Å². The lowest BCUT2D eigenvalue weighted by atomic mass is 10.0. The average Bonchev–Trinajstić information content (AvgIpc) is 2.05. The molecule has 1 saturated heterocycles. The Morgan fingerprint density at radius 1 is 1.60 bits per heavy atom. The highest BCUT2D eigenvalue weighted by atomic mass is 16.4.